The highest BCUT2D eigenvalue weighted by molar-refractivity contribution is 7.80. The van der Waals surface area contributed by atoms with Gasteiger partial charge in [-0.15, -0.1) is 0 Å². The molecular weight excluding hydrogens is 326 g/mol. The number of alkyl carbamates (subject to hydrolysis) is 1. The molecule has 0 unspecified atom stereocenters. The van der Waals surface area contributed by atoms with E-state index in [0.29, 0.717) is 11.4 Å². The maximum atomic E-state index is 11.2. The molecule has 1 amide bonds. The van der Waals surface area contributed by atoms with E-state index in [1.807, 2.05) is 48.5 Å². The standard InChI is InChI=1S/C17H17N3O3S/c1-22-13-7-5-6-12(10-13)11-18-14-8-3-4-9-15(14)19-16(24)20-17(21)23-2/h3-11H,1-2H3,(H2,19,20,21,24). The third-order valence-corrected chi connectivity index (χ3v) is 3.20. The van der Waals surface area contributed by atoms with Crippen LogP contribution in [0.5, 0.6) is 5.75 Å². The Balaban J connectivity index is 2.14. The summed E-state index contributed by atoms with van der Waals surface area (Å²) in [5.74, 6) is 0.758. The molecule has 0 atom stereocenters. The number of hydrogen-bond acceptors (Lipinski definition) is 5. The number of nitrogens with zero attached hydrogens (tertiary/aromatic N) is 1. The second-order valence-corrected chi connectivity index (χ2v) is 5.03. The maximum absolute atomic E-state index is 11.2. The minimum Gasteiger partial charge on any atom is -0.497 e. The van der Waals surface area contributed by atoms with Crippen molar-refractivity contribution in [3.05, 3.63) is 54.1 Å². The number of amides is 1. The molecule has 0 radical (unpaired) electrons. The highest BCUT2D eigenvalue weighted by Crippen LogP contribution is 2.24. The smallest absolute Gasteiger partial charge is 0.413 e. The number of anilines is 1. The first-order valence-corrected chi connectivity index (χ1v) is 7.46. The Morgan fingerprint density at radius 2 is 1.96 bits per heavy atom. The van der Waals surface area contributed by atoms with Gasteiger partial charge in [-0.3, -0.25) is 10.3 Å². The molecule has 0 saturated carbocycles. The Morgan fingerprint density at radius 3 is 2.71 bits per heavy atom. The minimum atomic E-state index is -0.634. The van der Waals surface area contributed by atoms with Gasteiger partial charge in [0.1, 0.15) is 5.75 Å². The molecular formula is C17H17N3O3S. The Labute approximate surface area is 145 Å². The number of benzene rings is 2. The van der Waals surface area contributed by atoms with Gasteiger partial charge in [0, 0.05) is 6.21 Å². The zero-order chi connectivity index (χ0) is 17.4. The normalized spacial score (nSPS) is 10.2. The molecule has 2 N–H and O–H groups in total. The summed E-state index contributed by atoms with van der Waals surface area (Å²) in [7, 11) is 2.88. The van der Waals surface area contributed by atoms with Crippen LogP contribution in [0, 0.1) is 0 Å². The lowest BCUT2D eigenvalue weighted by molar-refractivity contribution is 0.177. The maximum Gasteiger partial charge on any atom is 0.413 e. The molecule has 0 fully saturated rings. The molecule has 2 aromatic rings. The van der Waals surface area contributed by atoms with E-state index in [0.717, 1.165) is 11.3 Å². The average Bonchev–Trinajstić information content (AvgIpc) is 2.61. The van der Waals surface area contributed by atoms with E-state index in [1.54, 1.807) is 13.3 Å². The molecule has 0 aliphatic heterocycles. The Morgan fingerprint density at radius 1 is 1.17 bits per heavy atom. The summed E-state index contributed by atoms with van der Waals surface area (Å²) in [6.07, 6.45) is 1.09. The number of nitrogens with one attached hydrogen (secondary N) is 2. The quantitative estimate of drug-likeness (QED) is 0.657. The van der Waals surface area contributed by atoms with Gasteiger partial charge in [0.2, 0.25) is 0 Å². The number of rotatable bonds is 4. The lowest BCUT2D eigenvalue weighted by atomic mass is 10.2. The molecule has 0 spiro atoms. The highest BCUT2D eigenvalue weighted by Gasteiger charge is 2.06. The third-order valence-electron chi connectivity index (χ3n) is 3.00. The number of aliphatic imine (C=N–C) groups is 1. The third kappa shape index (κ3) is 5.06. The summed E-state index contributed by atoms with van der Waals surface area (Å²) in [5.41, 5.74) is 2.24. The number of thiocarbonyl (C=S) groups is 1. The molecule has 0 saturated heterocycles. The average molecular weight is 343 g/mol. The molecule has 0 heterocycles. The van der Waals surface area contributed by atoms with Gasteiger partial charge in [-0.2, -0.15) is 0 Å². The summed E-state index contributed by atoms with van der Waals surface area (Å²) in [6.45, 7) is 0. The van der Waals surface area contributed by atoms with Crippen LogP contribution >= 0.6 is 12.2 Å². The number of carbonyl (C=O) groups excluding carboxylic acids is 1. The van der Waals surface area contributed by atoms with Crippen LogP contribution < -0.4 is 15.4 Å². The van der Waals surface area contributed by atoms with E-state index in [1.165, 1.54) is 7.11 Å². The van der Waals surface area contributed by atoms with Crippen molar-refractivity contribution in [2.24, 2.45) is 4.99 Å². The van der Waals surface area contributed by atoms with Gasteiger partial charge in [-0.25, -0.2) is 4.79 Å². The highest BCUT2D eigenvalue weighted by atomic mass is 32.1. The monoisotopic (exact) mass is 343 g/mol. The van der Waals surface area contributed by atoms with Crippen molar-refractivity contribution in [2.75, 3.05) is 19.5 Å². The summed E-state index contributed by atoms with van der Waals surface area (Å²) in [4.78, 5) is 15.6. The van der Waals surface area contributed by atoms with Gasteiger partial charge in [0.15, 0.2) is 5.11 Å². The fraction of sp³-hybridized carbons (Fsp3) is 0.118. The SMILES string of the molecule is COC(=O)NC(=S)Nc1ccccc1N=Cc1cccc(OC)c1. The summed E-state index contributed by atoms with van der Waals surface area (Å²) in [6, 6.07) is 14.9. The van der Waals surface area contributed by atoms with Crippen molar-refractivity contribution in [2.45, 2.75) is 0 Å². The van der Waals surface area contributed by atoms with Gasteiger partial charge in [-0.05, 0) is 42.0 Å². The van der Waals surface area contributed by atoms with Gasteiger partial charge >= 0.3 is 6.09 Å². The Kier molecular flexibility index (Phi) is 6.27. The van der Waals surface area contributed by atoms with Gasteiger partial charge in [0.25, 0.3) is 0 Å². The fourth-order valence-electron chi connectivity index (χ4n) is 1.86. The summed E-state index contributed by atoms with van der Waals surface area (Å²) < 4.78 is 9.68. The number of hydrogen-bond donors (Lipinski definition) is 2. The van der Waals surface area contributed by atoms with Gasteiger partial charge < -0.3 is 14.8 Å². The van der Waals surface area contributed by atoms with Crippen molar-refractivity contribution in [3.8, 4) is 5.75 Å². The predicted octanol–water partition coefficient (Wildman–Crippen LogP) is 3.50. The fourth-order valence-corrected chi connectivity index (χ4v) is 2.05. The van der Waals surface area contributed by atoms with Gasteiger partial charge in [-0.1, -0.05) is 24.3 Å². The zero-order valence-corrected chi connectivity index (χ0v) is 14.1. The van der Waals surface area contributed by atoms with E-state index < -0.39 is 6.09 Å². The molecule has 7 heteroatoms. The Bertz CT molecular complexity index is 762. The van der Waals surface area contributed by atoms with Crippen molar-refractivity contribution in [1.29, 1.82) is 0 Å². The van der Waals surface area contributed by atoms with Gasteiger partial charge in [0.05, 0.1) is 25.6 Å². The second kappa shape index (κ2) is 8.64. The van der Waals surface area contributed by atoms with E-state index in [2.05, 4.69) is 20.4 Å². The van der Waals surface area contributed by atoms with Crippen molar-refractivity contribution in [3.63, 3.8) is 0 Å². The number of methoxy groups -OCH3 is 2. The van der Waals surface area contributed by atoms with Crippen molar-refractivity contribution >= 4 is 41.0 Å². The Hall–Kier alpha value is -2.93. The number of carbonyl (C=O) groups is 1. The molecule has 0 aliphatic carbocycles. The van der Waals surface area contributed by atoms with Crippen molar-refractivity contribution in [1.82, 2.24) is 5.32 Å². The van der Waals surface area contributed by atoms with Crippen LogP contribution in [-0.4, -0.2) is 31.6 Å². The molecule has 2 rings (SSSR count). The van der Waals surface area contributed by atoms with E-state index in [9.17, 15) is 4.79 Å². The van der Waals surface area contributed by atoms with Crippen LogP contribution in [0.25, 0.3) is 0 Å². The largest absolute Gasteiger partial charge is 0.497 e. The minimum absolute atomic E-state index is 0.130. The van der Waals surface area contributed by atoms with E-state index in [4.69, 9.17) is 17.0 Å². The van der Waals surface area contributed by atoms with Crippen LogP contribution in [0.3, 0.4) is 0 Å². The van der Waals surface area contributed by atoms with Crippen LogP contribution in [0.2, 0.25) is 0 Å². The summed E-state index contributed by atoms with van der Waals surface area (Å²) >= 11 is 5.06. The lowest BCUT2D eigenvalue weighted by Crippen LogP contribution is -2.33. The molecule has 24 heavy (non-hydrogen) atoms. The first kappa shape index (κ1) is 17.4. The first-order valence-electron chi connectivity index (χ1n) is 7.05. The predicted molar refractivity (Wildman–Crippen MR) is 98.5 cm³/mol. The lowest BCUT2D eigenvalue weighted by Gasteiger charge is -2.10. The van der Waals surface area contributed by atoms with Crippen LogP contribution in [0.4, 0.5) is 16.2 Å². The first-order chi connectivity index (χ1) is 11.6. The summed E-state index contributed by atoms with van der Waals surface area (Å²) in [5, 5.41) is 5.43. The zero-order valence-electron chi connectivity index (χ0n) is 13.3. The topological polar surface area (TPSA) is 72.0 Å². The van der Waals surface area contributed by atoms with Crippen LogP contribution in [0.1, 0.15) is 5.56 Å². The van der Waals surface area contributed by atoms with E-state index in [-0.39, 0.29) is 5.11 Å². The molecule has 0 aromatic heterocycles. The van der Waals surface area contributed by atoms with E-state index >= 15 is 0 Å². The molecule has 2 aromatic carbocycles. The molecule has 6 nitrogen and oxygen atoms in total. The number of para-hydroxylation sites is 2. The van der Waals surface area contributed by atoms with Crippen LogP contribution in [-0.2, 0) is 4.74 Å². The molecule has 0 aliphatic rings. The number of ether oxygens (including phenoxy) is 2. The molecule has 124 valence electrons. The van der Waals surface area contributed by atoms with Crippen LogP contribution in [0.15, 0.2) is 53.5 Å². The molecule has 0 bridgehead atoms. The van der Waals surface area contributed by atoms with Crippen molar-refractivity contribution < 1.29 is 14.3 Å². The second-order valence-electron chi connectivity index (χ2n) is 4.62.